The summed E-state index contributed by atoms with van der Waals surface area (Å²) >= 11 is 0. The van der Waals surface area contributed by atoms with E-state index in [0.29, 0.717) is 12.2 Å². The Morgan fingerprint density at radius 1 is 1.16 bits per heavy atom. The highest BCUT2D eigenvalue weighted by atomic mass is 16.5. The number of para-hydroxylation sites is 1. The molecule has 0 spiro atoms. The van der Waals surface area contributed by atoms with Crippen molar-refractivity contribution < 1.29 is 9.53 Å². The zero-order valence-corrected chi connectivity index (χ0v) is 14.6. The first-order valence-corrected chi connectivity index (χ1v) is 8.44. The van der Waals surface area contributed by atoms with Gasteiger partial charge in [0.25, 0.3) is 5.91 Å². The van der Waals surface area contributed by atoms with Gasteiger partial charge in [-0.2, -0.15) is 0 Å². The fourth-order valence-electron chi connectivity index (χ4n) is 2.88. The quantitative estimate of drug-likeness (QED) is 0.759. The second-order valence-corrected chi connectivity index (χ2v) is 5.82. The average Bonchev–Trinajstić information content (AvgIpc) is 2.96. The van der Waals surface area contributed by atoms with E-state index in [2.05, 4.69) is 34.6 Å². The van der Waals surface area contributed by atoms with Crippen molar-refractivity contribution in [1.29, 1.82) is 0 Å². The van der Waals surface area contributed by atoms with Crippen LogP contribution in [-0.4, -0.2) is 32.7 Å². The van der Waals surface area contributed by atoms with Gasteiger partial charge in [0.15, 0.2) is 0 Å². The van der Waals surface area contributed by atoms with E-state index in [1.165, 1.54) is 0 Å². The number of anilines is 3. The predicted octanol–water partition coefficient (Wildman–Crippen LogP) is 3.56. The highest BCUT2D eigenvalue weighted by molar-refractivity contribution is 6.31. The fraction of sp³-hybridized carbons (Fsp3) is 0.250. The van der Waals surface area contributed by atoms with Gasteiger partial charge in [-0.1, -0.05) is 18.2 Å². The summed E-state index contributed by atoms with van der Waals surface area (Å²) in [6.07, 6.45) is 1.76. The Labute approximate surface area is 148 Å². The van der Waals surface area contributed by atoms with Gasteiger partial charge in [0, 0.05) is 49.0 Å². The maximum Gasteiger partial charge on any atom is 0.257 e. The number of hydrogen-bond donors (Lipinski definition) is 2. The number of nitrogens with zero attached hydrogens (tertiary/aromatic N) is 1. The minimum Gasteiger partial charge on any atom is -0.383 e. The molecular formula is C20H23N3O2. The number of hydrogen-bond acceptors (Lipinski definition) is 4. The molecular weight excluding hydrogens is 314 g/mol. The largest absolute Gasteiger partial charge is 0.383 e. The molecule has 1 aliphatic heterocycles. The standard InChI is InChI=1S/C20H23N3O2/c1-3-23(12-13-25-2)16-10-8-15(9-11-16)21-14-18-17-6-4-5-7-19(17)22-20(18)24/h4-11,14,21H,3,12-13H2,1-2H3,(H,22,24). The third-order valence-corrected chi connectivity index (χ3v) is 4.27. The van der Waals surface area contributed by atoms with Crippen molar-refractivity contribution in [2.75, 3.05) is 42.3 Å². The number of benzene rings is 2. The zero-order chi connectivity index (χ0) is 17.6. The number of nitrogens with one attached hydrogen (secondary N) is 2. The summed E-state index contributed by atoms with van der Waals surface area (Å²) < 4.78 is 5.15. The zero-order valence-electron chi connectivity index (χ0n) is 14.6. The van der Waals surface area contributed by atoms with Gasteiger partial charge in [0.1, 0.15) is 0 Å². The van der Waals surface area contributed by atoms with E-state index >= 15 is 0 Å². The molecule has 0 aliphatic carbocycles. The van der Waals surface area contributed by atoms with Gasteiger partial charge < -0.3 is 20.3 Å². The number of likely N-dealkylation sites (N-methyl/N-ethyl adjacent to an activating group) is 1. The van der Waals surface area contributed by atoms with Crippen LogP contribution >= 0.6 is 0 Å². The lowest BCUT2D eigenvalue weighted by Crippen LogP contribution is -2.26. The number of fused-ring (bicyclic) bond motifs is 1. The van der Waals surface area contributed by atoms with Crippen molar-refractivity contribution >= 4 is 28.5 Å². The third kappa shape index (κ3) is 3.83. The van der Waals surface area contributed by atoms with Crippen LogP contribution in [0.3, 0.4) is 0 Å². The number of carbonyl (C=O) groups excluding carboxylic acids is 1. The summed E-state index contributed by atoms with van der Waals surface area (Å²) in [6, 6.07) is 15.9. The normalized spacial score (nSPS) is 14.3. The molecule has 0 radical (unpaired) electrons. The van der Waals surface area contributed by atoms with Gasteiger partial charge in [-0.25, -0.2) is 0 Å². The first-order chi connectivity index (χ1) is 12.2. The van der Waals surface area contributed by atoms with Crippen molar-refractivity contribution in [2.45, 2.75) is 6.92 Å². The smallest absolute Gasteiger partial charge is 0.257 e. The summed E-state index contributed by atoms with van der Waals surface area (Å²) in [4.78, 5) is 14.4. The molecule has 2 aromatic carbocycles. The molecule has 5 nitrogen and oxygen atoms in total. The lowest BCUT2D eigenvalue weighted by Gasteiger charge is -2.22. The van der Waals surface area contributed by atoms with Crippen molar-refractivity contribution in [3.05, 3.63) is 60.3 Å². The first kappa shape index (κ1) is 17.0. The van der Waals surface area contributed by atoms with Gasteiger partial charge in [-0.3, -0.25) is 4.79 Å². The third-order valence-electron chi connectivity index (χ3n) is 4.27. The van der Waals surface area contributed by atoms with Crippen molar-refractivity contribution in [3.8, 4) is 0 Å². The van der Waals surface area contributed by atoms with Crippen molar-refractivity contribution in [1.82, 2.24) is 0 Å². The van der Waals surface area contributed by atoms with Crippen LogP contribution in [0, 0.1) is 0 Å². The van der Waals surface area contributed by atoms with Gasteiger partial charge >= 0.3 is 0 Å². The topological polar surface area (TPSA) is 53.6 Å². The first-order valence-electron chi connectivity index (χ1n) is 8.44. The Hall–Kier alpha value is -2.79. The van der Waals surface area contributed by atoms with Crippen LogP contribution in [0.15, 0.2) is 54.7 Å². The van der Waals surface area contributed by atoms with Gasteiger partial charge in [-0.05, 0) is 37.3 Å². The molecule has 2 aromatic rings. The molecule has 1 amide bonds. The van der Waals surface area contributed by atoms with E-state index < -0.39 is 0 Å². The van der Waals surface area contributed by atoms with Crippen LogP contribution in [0.25, 0.3) is 5.57 Å². The summed E-state index contributed by atoms with van der Waals surface area (Å²) in [5.74, 6) is -0.0814. The van der Waals surface area contributed by atoms with Crippen molar-refractivity contribution in [3.63, 3.8) is 0 Å². The Balaban J connectivity index is 1.71. The van der Waals surface area contributed by atoms with Crippen molar-refractivity contribution in [2.24, 2.45) is 0 Å². The molecule has 0 unspecified atom stereocenters. The minimum atomic E-state index is -0.0814. The number of amides is 1. The van der Waals surface area contributed by atoms with Crippen LogP contribution in [0.2, 0.25) is 0 Å². The maximum atomic E-state index is 12.1. The predicted molar refractivity (Wildman–Crippen MR) is 103 cm³/mol. The number of rotatable bonds is 7. The lowest BCUT2D eigenvalue weighted by atomic mass is 10.1. The lowest BCUT2D eigenvalue weighted by molar-refractivity contribution is -0.110. The molecule has 25 heavy (non-hydrogen) atoms. The van der Waals surface area contributed by atoms with E-state index in [9.17, 15) is 4.79 Å². The summed E-state index contributed by atoms with van der Waals surface area (Å²) in [5, 5.41) is 6.09. The number of carbonyl (C=O) groups is 1. The van der Waals surface area contributed by atoms with E-state index in [-0.39, 0.29) is 5.91 Å². The van der Waals surface area contributed by atoms with Gasteiger partial charge in [0.05, 0.1) is 12.2 Å². The summed E-state index contributed by atoms with van der Waals surface area (Å²) in [7, 11) is 1.71. The molecule has 130 valence electrons. The second-order valence-electron chi connectivity index (χ2n) is 5.82. The molecule has 3 rings (SSSR count). The molecule has 0 saturated heterocycles. The molecule has 0 atom stereocenters. The summed E-state index contributed by atoms with van der Waals surface area (Å²) in [5.41, 5.74) is 4.52. The SMILES string of the molecule is CCN(CCOC)c1ccc(NC=C2C(=O)Nc3ccccc32)cc1. The van der Waals surface area contributed by atoms with Crippen LogP contribution in [-0.2, 0) is 9.53 Å². The molecule has 0 bridgehead atoms. The molecule has 1 heterocycles. The minimum absolute atomic E-state index is 0.0814. The second kappa shape index (κ2) is 7.85. The monoisotopic (exact) mass is 337 g/mol. The van der Waals surface area contributed by atoms with Crippen LogP contribution in [0.4, 0.5) is 17.1 Å². The van der Waals surface area contributed by atoms with E-state index in [1.54, 1.807) is 13.3 Å². The maximum absolute atomic E-state index is 12.1. The number of methoxy groups -OCH3 is 1. The Morgan fingerprint density at radius 2 is 1.92 bits per heavy atom. The molecule has 0 fully saturated rings. The van der Waals surface area contributed by atoms with E-state index in [4.69, 9.17) is 4.74 Å². The molecule has 1 aliphatic rings. The highest BCUT2D eigenvalue weighted by Crippen LogP contribution is 2.31. The van der Waals surface area contributed by atoms with E-state index in [1.807, 2.05) is 36.4 Å². The van der Waals surface area contributed by atoms with Crippen LogP contribution < -0.4 is 15.5 Å². The Morgan fingerprint density at radius 3 is 2.64 bits per heavy atom. The average molecular weight is 337 g/mol. The summed E-state index contributed by atoms with van der Waals surface area (Å²) in [6.45, 7) is 4.62. The molecule has 5 heteroatoms. The van der Waals surface area contributed by atoms with Crippen LogP contribution in [0.1, 0.15) is 12.5 Å². The Kier molecular flexibility index (Phi) is 5.36. The van der Waals surface area contributed by atoms with Crippen LogP contribution in [0.5, 0.6) is 0 Å². The van der Waals surface area contributed by atoms with Gasteiger partial charge in [-0.15, -0.1) is 0 Å². The molecule has 0 aromatic heterocycles. The fourth-order valence-corrected chi connectivity index (χ4v) is 2.88. The Bertz CT molecular complexity index is 769. The highest BCUT2D eigenvalue weighted by Gasteiger charge is 2.23. The molecule has 2 N–H and O–H groups in total. The van der Waals surface area contributed by atoms with Gasteiger partial charge in [0.2, 0.25) is 0 Å². The number of ether oxygens (including phenoxy) is 1. The van der Waals surface area contributed by atoms with E-state index in [0.717, 1.165) is 35.7 Å². The molecule has 0 saturated carbocycles.